The Hall–Kier alpha value is -4.12. The predicted octanol–water partition coefficient (Wildman–Crippen LogP) is 1.72. The highest BCUT2D eigenvalue weighted by Gasteiger charge is 2.33. The lowest BCUT2D eigenvalue weighted by Gasteiger charge is -2.29. The van der Waals surface area contributed by atoms with E-state index in [2.05, 4.69) is 26.7 Å². The van der Waals surface area contributed by atoms with Crippen molar-refractivity contribution >= 4 is 35.5 Å². The van der Waals surface area contributed by atoms with Crippen LogP contribution in [0.25, 0.3) is 0 Å². The lowest BCUT2D eigenvalue weighted by Crippen LogP contribution is -2.40. The van der Waals surface area contributed by atoms with Gasteiger partial charge in [0.2, 0.25) is 0 Å². The number of carbonyl (C=O) groups excluding carboxylic acids is 3. The number of urea groups is 1. The van der Waals surface area contributed by atoms with Gasteiger partial charge < -0.3 is 24.4 Å². The molecule has 5 rings (SSSR count). The van der Waals surface area contributed by atoms with E-state index in [9.17, 15) is 19.6 Å². The molecule has 0 unspecified atom stereocenters. The maximum Gasteiger partial charge on any atom is 0.328 e. The molecule has 13 heteroatoms. The summed E-state index contributed by atoms with van der Waals surface area (Å²) >= 11 is 0. The second-order valence-electron chi connectivity index (χ2n) is 9.88. The molecule has 3 aliphatic heterocycles. The van der Waals surface area contributed by atoms with Crippen LogP contribution in [0, 0.1) is 11.3 Å². The Morgan fingerprint density at radius 3 is 2.85 bits per heavy atom. The van der Waals surface area contributed by atoms with Gasteiger partial charge in [0.1, 0.15) is 35.6 Å². The minimum absolute atomic E-state index is 0.111. The lowest BCUT2D eigenvalue weighted by molar-refractivity contribution is -0.136. The van der Waals surface area contributed by atoms with Crippen molar-refractivity contribution in [3.63, 3.8) is 0 Å². The van der Waals surface area contributed by atoms with Crippen molar-refractivity contribution in [3.8, 4) is 6.07 Å². The first-order chi connectivity index (χ1) is 19.4. The van der Waals surface area contributed by atoms with Gasteiger partial charge in [0, 0.05) is 58.1 Å². The highest BCUT2D eigenvalue weighted by molar-refractivity contribution is 6.02. The van der Waals surface area contributed by atoms with E-state index in [1.807, 2.05) is 6.07 Å². The minimum atomic E-state index is -0.469. The normalized spacial score (nSPS) is 22.1. The maximum atomic E-state index is 13.4. The molecule has 3 amide bonds. The highest BCUT2D eigenvalue weighted by Crippen LogP contribution is 2.30. The second kappa shape index (κ2) is 12.0. The van der Waals surface area contributed by atoms with E-state index in [4.69, 9.17) is 14.2 Å². The average Bonchev–Trinajstić information content (AvgIpc) is 3.57. The third-order valence-corrected chi connectivity index (χ3v) is 7.46. The van der Waals surface area contributed by atoms with Crippen molar-refractivity contribution in [3.05, 3.63) is 40.7 Å². The molecular formula is C27H31N7O6. The molecule has 2 saturated heterocycles. The Balaban J connectivity index is 1.34. The van der Waals surface area contributed by atoms with Crippen molar-refractivity contribution in [2.24, 2.45) is 0 Å². The molecule has 0 saturated carbocycles. The van der Waals surface area contributed by atoms with Crippen molar-refractivity contribution in [2.45, 2.75) is 44.1 Å². The largest absolute Gasteiger partial charge is 0.377 e. The lowest BCUT2D eigenvalue weighted by atomic mass is 10.0. The number of aromatic nitrogens is 2. The number of ether oxygens (including phenoxy) is 3. The van der Waals surface area contributed by atoms with Crippen LogP contribution in [-0.2, 0) is 32.0 Å². The van der Waals surface area contributed by atoms with Crippen LogP contribution < -0.4 is 15.5 Å². The molecule has 40 heavy (non-hydrogen) atoms. The van der Waals surface area contributed by atoms with Crippen LogP contribution in [0.4, 0.5) is 22.1 Å². The zero-order valence-corrected chi connectivity index (χ0v) is 22.4. The molecule has 2 N–H and O–H groups in total. The second-order valence-corrected chi connectivity index (χ2v) is 9.88. The summed E-state index contributed by atoms with van der Waals surface area (Å²) in [5, 5.41) is 15.6. The zero-order valence-electron chi connectivity index (χ0n) is 22.4. The zero-order chi connectivity index (χ0) is 28.2. The van der Waals surface area contributed by atoms with Gasteiger partial charge in [0.15, 0.2) is 6.29 Å². The van der Waals surface area contributed by atoms with E-state index < -0.39 is 12.1 Å². The Bertz CT molecular complexity index is 1350. The number of methoxy groups -OCH3 is 2. The van der Waals surface area contributed by atoms with Gasteiger partial charge in [0.25, 0.3) is 5.91 Å². The number of carbonyl (C=O) groups is 3. The van der Waals surface area contributed by atoms with Crippen LogP contribution >= 0.6 is 0 Å². The Morgan fingerprint density at radius 2 is 2.12 bits per heavy atom. The number of amides is 3. The van der Waals surface area contributed by atoms with Crippen LogP contribution in [-0.4, -0.2) is 91.9 Å². The number of likely N-dealkylation sites (tertiary alicyclic amines) is 1. The molecular weight excluding hydrogens is 518 g/mol. The van der Waals surface area contributed by atoms with Crippen molar-refractivity contribution in [1.29, 1.82) is 5.26 Å². The Labute approximate surface area is 231 Å². The molecule has 2 aromatic rings. The average molecular weight is 550 g/mol. The van der Waals surface area contributed by atoms with E-state index in [0.29, 0.717) is 74.5 Å². The molecule has 2 fully saturated rings. The topological polar surface area (TPSA) is 159 Å². The third kappa shape index (κ3) is 5.46. The number of hydrogen-bond donors (Lipinski definition) is 2. The van der Waals surface area contributed by atoms with Gasteiger partial charge in [-0.1, -0.05) is 0 Å². The van der Waals surface area contributed by atoms with Crippen molar-refractivity contribution in [2.75, 3.05) is 56.1 Å². The van der Waals surface area contributed by atoms with E-state index in [1.165, 1.54) is 18.2 Å². The number of aldehydes is 1. The van der Waals surface area contributed by atoms with Crippen molar-refractivity contribution < 1.29 is 28.6 Å². The minimum Gasteiger partial charge on any atom is -0.377 e. The number of pyridine rings is 2. The van der Waals surface area contributed by atoms with E-state index in [1.54, 1.807) is 18.1 Å². The maximum absolute atomic E-state index is 13.4. The van der Waals surface area contributed by atoms with E-state index in [-0.39, 0.29) is 36.1 Å². The molecule has 210 valence electrons. The van der Waals surface area contributed by atoms with Crippen LogP contribution in [0.1, 0.15) is 40.0 Å². The van der Waals surface area contributed by atoms with Gasteiger partial charge in [-0.25, -0.2) is 14.8 Å². The fourth-order valence-corrected chi connectivity index (χ4v) is 5.29. The summed E-state index contributed by atoms with van der Waals surface area (Å²) in [4.78, 5) is 49.8. The monoisotopic (exact) mass is 549 g/mol. The first kappa shape index (κ1) is 27.4. The fourth-order valence-electron chi connectivity index (χ4n) is 5.29. The molecule has 0 spiro atoms. The van der Waals surface area contributed by atoms with Crippen LogP contribution in [0.5, 0.6) is 0 Å². The quantitative estimate of drug-likeness (QED) is 0.464. The van der Waals surface area contributed by atoms with Crippen LogP contribution in [0.15, 0.2) is 18.3 Å². The Morgan fingerprint density at radius 1 is 1.27 bits per heavy atom. The number of rotatable bonds is 8. The SMILES string of the molecule is CO[C@H]1COC[C@@H]1Nc1cc(NC(=O)N2CCCc3cc(CN4CC[C@@H](OC)C4=O)c(C=O)nc32)ncc1C#N. The molecule has 0 aliphatic carbocycles. The number of nitrogens with zero attached hydrogens (tertiary/aromatic N) is 5. The number of aryl methyl sites for hydroxylation is 1. The first-order valence-corrected chi connectivity index (χ1v) is 13.1. The van der Waals surface area contributed by atoms with Gasteiger partial charge in [-0.2, -0.15) is 5.26 Å². The summed E-state index contributed by atoms with van der Waals surface area (Å²) in [6.45, 7) is 2.05. The molecule has 0 aromatic carbocycles. The van der Waals surface area contributed by atoms with Gasteiger partial charge >= 0.3 is 6.03 Å². The smallest absolute Gasteiger partial charge is 0.328 e. The summed E-state index contributed by atoms with van der Waals surface area (Å²) in [5.74, 6) is 0.536. The van der Waals surface area contributed by atoms with Crippen molar-refractivity contribution in [1.82, 2.24) is 14.9 Å². The number of nitrogens with one attached hydrogen (secondary N) is 2. The predicted molar refractivity (Wildman–Crippen MR) is 143 cm³/mol. The summed E-state index contributed by atoms with van der Waals surface area (Å²) in [6.07, 6.45) is 3.38. The van der Waals surface area contributed by atoms with E-state index in [0.717, 1.165) is 5.56 Å². The van der Waals surface area contributed by atoms with E-state index >= 15 is 0 Å². The van der Waals surface area contributed by atoms with Gasteiger partial charge in [0.05, 0.1) is 30.5 Å². The molecule has 2 aromatic heterocycles. The van der Waals surface area contributed by atoms with Crippen LogP contribution in [0.2, 0.25) is 0 Å². The molecule has 3 atom stereocenters. The first-order valence-electron chi connectivity index (χ1n) is 13.1. The summed E-state index contributed by atoms with van der Waals surface area (Å²) in [6, 6.07) is 4.94. The summed E-state index contributed by atoms with van der Waals surface area (Å²) in [5.41, 5.74) is 2.46. The highest BCUT2D eigenvalue weighted by atomic mass is 16.5. The summed E-state index contributed by atoms with van der Waals surface area (Å²) < 4.78 is 16.1. The number of anilines is 3. The standard InChI is InChI=1S/C27H31N7O6/c1-38-22-5-7-33(26(22)36)12-17-8-16-4-3-6-34(25(16)31-20(17)13-35)27(37)32-24-9-19(18(10-28)11-29-24)30-21-14-40-15-23(21)39-2/h8-9,11,13,21-23H,3-7,12,14-15H2,1-2H3,(H2,29,30,32,37)/t21-,22+,23-/m0/s1. The number of fused-ring (bicyclic) bond motifs is 1. The van der Waals surface area contributed by atoms with Crippen LogP contribution in [0.3, 0.4) is 0 Å². The molecule has 0 radical (unpaired) electrons. The van der Waals surface area contributed by atoms with Gasteiger partial charge in [-0.3, -0.25) is 19.8 Å². The molecule has 13 nitrogen and oxygen atoms in total. The molecule has 0 bridgehead atoms. The van der Waals surface area contributed by atoms with Gasteiger partial charge in [-0.05, 0) is 24.5 Å². The molecule has 5 heterocycles. The molecule has 3 aliphatic rings. The van der Waals surface area contributed by atoms with Gasteiger partial charge in [-0.15, -0.1) is 0 Å². The number of hydrogen-bond acceptors (Lipinski definition) is 10. The Kier molecular flexibility index (Phi) is 8.20. The summed E-state index contributed by atoms with van der Waals surface area (Å²) in [7, 11) is 3.11. The number of nitriles is 1. The fraction of sp³-hybridized carbons (Fsp3) is 0.481. The third-order valence-electron chi connectivity index (χ3n) is 7.46.